The summed E-state index contributed by atoms with van der Waals surface area (Å²) in [6.07, 6.45) is 3.51. The van der Waals surface area contributed by atoms with Crippen LogP contribution in [0.3, 0.4) is 0 Å². The molecule has 19 heavy (non-hydrogen) atoms. The van der Waals surface area contributed by atoms with Crippen LogP contribution < -0.4 is 11.1 Å². The number of aromatic nitrogens is 1. The molecule has 0 aliphatic carbocycles. The summed E-state index contributed by atoms with van der Waals surface area (Å²) in [5, 5.41) is 3.19. The van der Waals surface area contributed by atoms with Gasteiger partial charge in [0, 0.05) is 30.2 Å². The Morgan fingerprint density at radius 3 is 2.68 bits per heavy atom. The van der Waals surface area contributed by atoms with Gasteiger partial charge < -0.3 is 11.1 Å². The van der Waals surface area contributed by atoms with Crippen molar-refractivity contribution in [2.24, 2.45) is 0 Å². The van der Waals surface area contributed by atoms with Crippen LogP contribution in [0.25, 0.3) is 0 Å². The summed E-state index contributed by atoms with van der Waals surface area (Å²) in [5.74, 6) is 0.0592. The summed E-state index contributed by atoms with van der Waals surface area (Å²) in [7, 11) is 0. The predicted octanol–water partition coefficient (Wildman–Crippen LogP) is 2.02. The molecule has 2 rings (SSSR count). The smallest absolute Gasteiger partial charge is 0.179 e. The molecular formula is C15H17N3O. The Morgan fingerprint density at radius 1 is 1.32 bits per heavy atom. The molecule has 0 spiro atoms. The van der Waals surface area contributed by atoms with Crippen molar-refractivity contribution >= 4 is 11.5 Å². The molecule has 4 heteroatoms. The fourth-order valence-corrected chi connectivity index (χ4v) is 1.76. The molecule has 0 amide bonds. The fraction of sp³-hybridized carbons (Fsp3) is 0.200. The lowest BCUT2D eigenvalue weighted by Crippen LogP contribution is -2.33. The number of carbonyl (C=O) groups is 1. The lowest BCUT2D eigenvalue weighted by Gasteiger charge is -2.12. The summed E-state index contributed by atoms with van der Waals surface area (Å²) in [6, 6.07) is 10.6. The summed E-state index contributed by atoms with van der Waals surface area (Å²) in [4.78, 5) is 16.2. The molecule has 0 saturated heterocycles. The van der Waals surface area contributed by atoms with Gasteiger partial charge >= 0.3 is 0 Å². The van der Waals surface area contributed by atoms with Gasteiger partial charge in [0.15, 0.2) is 5.78 Å². The van der Waals surface area contributed by atoms with Crippen molar-refractivity contribution in [2.75, 3.05) is 5.73 Å². The third-order valence-corrected chi connectivity index (χ3v) is 2.92. The van der Waals surface area contributed by atoms with Gasteiger partial charge in [-0.05, 0) is 42.8 Å². The lowest BCUT2D eigenvalue weighted by atomic mass is 10.0. The number of benzene rings is 1. The van der Waals surface area contributed by atoms with Crippen molar-refractivity contribution in [3.05, 3.63) is 59.9 Å². The standard InChI is InChI=1S/C15H17N3O/c1-11(18-10-12-3-2-8-17-9-12)15(19)13-4-6-14(16)7-5-13/h2-9,11,18H,10,16H2,1H3. The number of nitrogens with zero attached hydrogens (tertiary/aromatic N) is 1. The number of anilines is 1. The first-order valence-corrected chi connectivity index (χ1v) is 6.19. The molecule has 4 nitrogen and oxygen atoms in total. The highest BCUT2D eigenvalue weighted by Gasteiger charge is 2.14. The van der Waals surface area contributed by atoms with Gasteiger partial charge in [-0.15, -0.1) is 0 Å². The number of pyridine rings is 1. The minimum absolute atomic E-state index is 0.0592. The number of nitrogens with one attached hydrogen (secondary N) is 1. The zero-order valence-corrected chi connectivity index (χ0v) is 10.8. The average molecular weight is 255 g/mol. The Morgan fingerprint density at radius 2 is 2.05 bits per heavy atom. The van der Waals surface area contributed by atoms with E-state index in [0.29, 0.717) is 17.8 Å². The van der Waals surface area contributed by atoms with Gasteiger partial charge in [-0.1, -0.05) is 6.07 Å². The van der Waals surface area contributed by atoms with Crippen LogP contribution >= 0.6 is 0 Å². The first kappa shape index (κ1) is 13.2. The second-order valence-electron chi connectivity index (χ2n) is 4.45. The number of carbonyl (C=O) groups excluding carboxylic acids is 1. The van der Waals surface area contributed by atoms with Crippen molar-refractivity contribution in [2.45, 2.75) is 19.5 Å². The zero-order valence-electron chi connectivity index (χ0n) is 10.8. The largest absolute Gasteiger partial charge is 0.399 e. The number of rotatable bonds is 5. The van der Waals surface area contributed by atoms with Crippen LogP contribution in [0.4, 0.5) is 5.69 Å². The molecule has 0 fully saturated rings. The first-order valence-electron chi connectivity index (χ1n) is 6.19. The minimum Gasteiger partial charge on any atom is -0.399 e. The maximum absolute atomic E-state index is 12.2. The highest BCUT2D eigenvalue weighted by atomic mass is 16.1. The number of ketones is 1. The van der Waals surface area contributed by atoms with E-state index in [1.165, 1.54) is 0 Å². The van der Waals surface area contributed by atoms with E-state index >= 15 is 0 Å². The second-order valence-corrected chi connectivity index (χ2v) is 4.45. The van der Waals surface area contributed by atoms with Crippen LogP contribution in [0.5, 0.6) is 0 Å². The van der Waals surface area contributed by atoms with Gasteiger partial charge in [-0.2, -0.15) is 0 Å². The van der Waals surface area contributed by atoms with E-state index in [4.69, 9.17) is 5.73 Å². The molecule has 0 aliphatic heterocycles. The number of nitrogens with two attached hydrogens (primary N) is 1. The number of hydrogen-bond acceptors (Lipinski definition) is 4. The maximum atomic E-state index is 12.2. The Hall–Kier alpha value is -2.20. The van der Waals surface area contributed by atoms with E-state index in [1.54, 1.807) is 36.7 Å². The Kier molecular flexibility index (Phi) is 4.26. The van der Waals surface area contributed by atoms with E-state index in [2.05, 4.69) is 10.3 Å². The van der Waals surface area contributed by atoms with E-state index in [-0.39, 0.29) is 11.8 Å². The Bertz CT molecular complexity index is 537. The van der Waals surface area contributed by atoms with Gasteiger partial charge in [-0.3, -0.25) is 9.78 Å². The summed E-state index contributed by atoms with van der Waals surface area (Å²) in [6.45, 7) is 2.48. The molecule has 1 heterocycles. The quantitative estimate of drug-likeness (QED) is 0.633. The second kappa shape index (κ2) is 6.11. The van der Waals surface area contributed by atoms with Gasteiger partial charge in [-0.25, -0.2) is 0 Å². The highest BCUT2D eigenvalue weighted by molar-refractivity contribution is 6.00. The third-order valence-electron chi connectivity index (χ3n) is 2.92. The molecule has 3 N–H and O–H groups in total. The molecule has 1 unspecified atom stereocenters. The van der Waals surface area contributed by atoms with Crippen LogP contribution in [-0.2, 0) is 6.54 Å². The molecule has 1 aromatic carbocycles. The molecule has 98 valence electrons. The predicted molar refractivity (Wildman–Crippen MR) is 75.7 cm³/mol. The molecule has 0 aliphatic rings. The Balaban J connectivity index is 1.94. The van der Waals surface area contributed by atoms with Crippen LogP contribution in [0.2, 0.25) is 0 Å². The molecule has 1 aromatic heterocycles. The van der Waals surface area contributed by atoms with Crippen molar-refractivity contribution in [3.63, 3.8) is 0 Å². The highest BCUT2D eigenvalue weighted by Crippen LogP contribution is 2.08. The summed E-state index contributed by atoms with van der Waals surface area (Å²) in [5.41, 5.74) is 7.99. The monoisotopic (exact) mass is 255 g/mol. The number of hydrogen-bond donors (Lipinski definition) is 2. The van der Waals surface area contributed by atoms with Crippen molar-refractivity contribution < 1.29 is 4.79 Å². The van der Waals surface area contributed by atoms with Crippen LogP contribution in [0.15, 0.2) is 48.8 Å². The number of nitrogen functional groups attached to an aromatic ring is 1. The van der Waals surface area contributed by atoms with Crippen LogP contribution in [0.1, 0.15) is 22.8 Å². The fourth-order valence-electron chi connectivity index (χ4n) is 1.76. The molecule has 2 aromatic rings. The maximum Gasteiger partial charge on any atom is 0.179 e. The van der Waals surface area contributed by atoms with Crippen molar-refractivity contribution in [1.82, 2.24) is 10.3 Å². The van der Waals surface area contributed by atoms with Crippen LogP contribution in [0, 0.1) is 0 Å². The van der Waals surface area contributed by atoms with E-state index in [1.807, 2.05) is 19.1 Å². The zero-order chi connectivity index (χ0) is 13.7. The molecule has 0 bridgehead atoms. The minimum atomic E-state index is -0.246. The van der Waals surface area contributed by atoms with Gasteiger partial charge in [0.25, 0.3) is 0 Å². The lowest BCUT2D eigenvalue weighted by molar-refractivity contribution is 0.0950. The molecule has 0 radical (unpaired) electrons. The van der Waals surface area contributed by atoms with Gasteiger partial charge in [0.2, 0.25) is 0 Å². The van der Waals surface area contributed by atoms with E-state index in [0.717, 1.165) is 5.56 Å². The molecule has 1 atom stereocenters. The van der Waals surface area contributed by atoms with Crippen molar-refractivity contribution in [1.29, 1.82) is 0 Å². The summed E-state index contributed by atoms with van der Waals surface area (Å²) < 4.78 is 0. The van der Waals surface area contributed by atoms with E-state index < -0.39 is 0 Å². The third kappa shape index (κ3) is 3.63. The van der Waals surface area contributed by atoms with E-state index in [9.17, 15) is 4.79 Å². The topological polar surface area (TPSA) is 68.0 Å². The normalized spacial score (nSPS) is 12.1. The SMILES string of the molecule is CC(NCc1cccnc1)C(=O)c1ccc(N)cc1. The number of Topliss-reactive ketones (excluding diaryl/α,β-unsaturated/α-hetero) is 1. The van der Waals surface area contributed by atoms with Gasteiger partial charge in [0.1, 0.15) is 0 Å². The van der Waals surface area contributed by atoms with Crippen molar-refractivity contribution in [3.8, 4) is 0 Å². The first-order chi connectivity index (χ1) is 9.16. The Labute approximate surface area is 112 Å². The van der Waals surface area contributed by atoms with Gasteiger partial charge in [0.05, 0.1) is 6.04 Å². The average Bonchev–Trinajstić information content (AvgIpc) is 2.46. The molecular weight excluding hydrogens is 238 g/mol. The summed E-state index contributed by atoms with van der Waals surface area (Å²) >= 11 is 0. The van der Waals surface area contributed by atoms with Crippen LogP contribution in [-0.4, -0.2) is 16.8 Å². The molecule has 0 saturated carbocycles.